The van der Waals surface area contributed by atoms with Crippen molar-refractivity contribution in [2.75, 3.05) is 46.8 Å². The summed E-state index contributed by atoms with van der Waals surface area (Å²) in [6, 6.07) is 0. The first kappa shape index (κ1) is 31.8. The number of methoxy groups -OCH3 is 1. The molecule has 1 atom stereocenters. The molecular formula is C28H58O4. The molecule has 0 N–H and O–H groups in total. The molecule has 0 saturated heterocycles. The fraction of sp³-hybridized carbons (Fsp3) is 1.00. The molecule has 0 aromatic rings. The maximum atomic E-state index is 6.10. The summed E-state index contributed by atoms with van der Waals surface area (Å²) in [5.74, 6) is 0. The Balaban J connectivity index is 3.66. The Morgan fingerprint density at radius 1 is 0.469 bits per heavy atom. The molecule has 32 heavy (non-hydrogen) atoms. The highest BCUT2D eigenvalue weighted by Gasteiger charge is 2.09. The quantitative estimate of drug-likeness (QED) is 0.111. The molecule has 0 rings (SSSR count). The van der Waals surface area contributed by atoms with E-state index >= 15 is 0 Å². The van der Waals surface area contributed by atoms with Crippen molar-refractivity contribution in [1.29, 1.82) is 0 Å². The maximum absolute atomic E-state index is 6.10. The fourth-order valence-corrected chi connectivity index (χ4v) is 3.84. The third-order valence-electron chi connectivity index (χ3n) is 6.02. The first-order valence-corrected chi connectivity index (χ1v) is 14.1. The molecule has 194 valence electrons. The summed E-state index contributed by atoms with van der Waals surface area (Å²) in [6.07, 6.45) is 23.0. The first-order valence-electron chi connectivity index (χ1n) is 14.1. The molecule has 0 amide bonds. The van der Waals surface area contributed by atoms with E-state index in [1.165, 1.54) is 103 Å². The lowest BCUT2D eigenvalue weighted by Crippen LogP contribution is -2.23. The second-order valence-corrected chi connectivity index (χ2v) is 9.26. The van der Waals surface area contributed by atoms with Crippen LogP contribution in [0.4, 0.5) is 0 Å². The van der Waals surface area contributed by atoms with Crippen LogP contribution in [0.15, 0.2) is 0 Å². The predicted octanol–water partition coefficient (Wildman–Crippen LogP) is 8.11. The van der Waals surface area contributed by atoms with E-state index in [4.69, 9.17) is 18.9 Å². The highest BCUT2D eigenvalue weighted by atomic mass is 16.5. The van der Waals surface area contributed by atoms with Crippen LogP contribution >= 0.6 is 0 Å². The van der Waals surface area contributed by atoms with Gasteiger partial charge in [0.05, 0.1) is 12.7 Å². The van der Waals surface area contributed by atoms with Crippen LogP contribution in [0.25, 0.3) is 0 Å². The van der Waals surface area contributed by atoms with Crippen molar-refractivity contribution in [3.63, 3.8) is 0 Å². The molecule has 0 saturated carbocycles. The monoisotopic (exact) mass is 458 g/mol. The second-order valence-electron chi connectivity index (χ2n) is 9.26. The Hall–Kier alpha value is -0.160. The van der Waals surface area contributed by atoms with Crippen molar-refractivity contribution in [3.05, 3.63) is 0 Å². The SMILES string of the molecule is CCCCCCCCOCCC(COCCCCCCCCCCOC)OCCCCC. The van der Waals surface area contributed by atoms with Crippen LogP contribution in [-0.4, -0.2) is 52.9 Å². The summed E-state index contributed by atoms with van der Waals surface area (Å²) in [5, 5.41) is 0. The predicted molar refractivity (Wildman–Crippen MR) is 138 cm³/mol. The summed E-state index contributed by atoms with van der Waals surface area (Å²) in [7, 11) is 1.79. The van der Waals surface area contributed by atoms with E-state index in [0.29, 0.717) is 6.61 Å². The molecule has 4 nitrogen and oxygen atoms in total. The van der Waals surface area contributed by atoms with Gasteiger partial charge in [0.25, 0.3) is 0 Å². The standard InChI is InChI=1S/C28H58O4/c1-4-6-8-9-15-19-23-30-26-21-28(32-25-17-7-5-2)27-31-24-20-16-13-11-10-12-14-18-22-29-3/h28H,4-27H2,1-3H3. The highest BCUT2D eigenvalue weighted by Crippen LogP contribution is 2.10. The zero-order valence-electron chi connectivity index (χ0n) is 22.2. The van der Waals surface area contributed by atoms with Gasteiger partial charge in [-0.05, 0) is 32.1 Å². The molecule has 4 heteroatoms. The van der Waals surface area contributed by atoms with Crippen LogP contribution in [0, 0.1) is 0 Å². The Morgan fingerprint density at radius 3 is 1.53 bits per heavy atom. The first-order chi connectivity index (χ1) is 15.8. The molecule has 1 unspecified atom stereocenters. The molecule has 0 radical (unpaired) electrons. The van der Waals surface area contributed by atoms with Crippen molar-refractivity contribution in [2.45, 2.75) is 136 Å². The molecule has 0 aliphatic heterocycles. The van der Waals surface area contributed by atoms with Crippen molar-refractivity contribution in [3.8, 4) is 0 Å². The maximum Gasteiger partial charge on any atom is 0.0830 e. The van der Waals surface area contributed by atoms with Gasteiger partial charge in [0.2, 0.25) is 0 Å². The molecule has 0 spiro atoms. The van der Waals surface area contributed by atoms with Crippen molar-refractivity contribution >= 4 is 0 Å². The van der Waals surface area contributed by atoms with E-state index in [9.17, 15) is 0 Å². The lowest BCUT2D eigenvalue weighted by Gasteiger charge is -2.18. The lowest BCUT2D eigenvalue weighted by atomic mass is 10.1. The number of hydrogen-bond acceptors (Lipinski definition) is 4. The van der Waals surface area contributed by atoms with Gasteiger partial charge in [0.15, 0.2) is 0 Å². The Labute approximate surface area is 201 Å². The number of ether oxygens (including phenoxy) is 4. The Kier molecular flexibility index (Phi) is 28.7. The van der Waals surface area contributed by atoms with Gasteiger partial charge in [0.1, 0.15) is 0 Å². The van der Waals surface area contributed by atoms with Gasteiger partial charge in [-0.25, -0.2) is 0 Å². The van der Waals surface area contributed by atoms with Crippen molar-refractivity contribution < 1.29 is 18.9 Å². The summed E-state index contributed by atoms with van der Waals surface area (Å²) >= 11 is 0. The van der Waals surface area contributed by atoms with Crippen LogP contribution in [0.5, 0.6) is 0 Å². The van der Waals surface area contributed by atoms with E-state index in [1.54, 1.807) is 7.11 Å². The largest absolute Gasteiger partial charge is 0.385 e. The van der Waals surface area contributed by atoms with Gasteiger partial charge in [-0.2, -0.15) is 0 Å². The lowest BCUT2D eigenvalue weighted by molar-refractivity contribution is -0.0349. The highest BCUT2D eigenvalue weighted by molar-refractivity contribution is 4.58. The molecule has 0 aromatic heterocycles. The fourth-order valence-electron chi connectivity index (χ4n) is 3.84. The third kappa shape index (κ3) is 26.1. The van der Waals surface area contributed by atoms with E-state index in [1.807, 2.05) is 0 Å². The molecule has 0 bridgehead atoms. The van der Waals surface area contributed by atoms with E-state index in [0.717, 1.165) is 45.9 Å². The summed E-state index contributed by atoms with van der Waals surface area (Å²) in [4.78, 5) is 0. The normalized spacial score (nSPS) is 12.5. The number of unbranched alkanes of at least 4 members (excludes halogenated alkanes) is 14. The smallest absolute Gasteiger partial charge is 0.0830 e. The Bertz CT molecular complexity index is 325. The molecule has 0 heterocycles. The Morgan fingerprint density at radius 2 is 0.938 bits per heavy atom. The molecule has 0 aromatic carbocycles. The van der Waals surface area contributed by atoms with Crippen LogP contribution in [0.2, 0.25) is 0 Å². The minimum atomic E-state index is 0.184. The minimum absolute atomic E-state index is 0.184. The molecule has 0 aliphatic rings. The zero-order valence-corrected chi connectivity index (χ0v) is 22.2. The summed E-state index contributed by atoms with van der Waals surface area (Å²) in [6.45, 7) is 9.52. The van der Waals surface area contributed by atoms with Crippen molar-refractivity contribution in [1.82, 2.24) is 0 Å². The molecular weight excluding hydrogens is 400 g/mol. The van der Waals surface area contributed by atoms with E-state index in [-0.39, 0.29) is 6.10 Å². The van der Waals surface area contributed by atoms with Gasteiger partial charge in [-0.3, -0.25) is 0 Å². The van der Waals surface area contributed by atoms with E-state index < -0.39 is 0 Å². The van der Waals surface area contributed by atoms with Gasteiger partial charge < -0.3 is 18.9 Å². The van der Waals surface area contributed by atoms with E-state index in [2.05, 4.69) is 13.8 Å². The van der Waals surface area contributed by atoms with Gasteiger partial charge in [0, 0.05) is 40.1 Å². The summed E-state index contributed by atoms with van der Waals surface area (Å²) in [5.41, 5.74) is 0. The van der Waals surface area contributed by atoms with Crippen LogP contribution < -0.4 is 0 Å². The van der Waals surface area contributed by atoms with Gasteiger partial charge >= 0.3 is 0 Å². The zero-order chi connectivity index (χ0) is 23.4. The van der Waals surface area contributed by atoms with Crippen LogP contribution in [0.1, 0.15) is 129 Å². The second kappa shape index (κ2) is 28.9. The average molecular weight is 459 g/mol. The van der Waals surface area contributed by atoms with Gasteiger partial charge in [-0.1, -0.05) is 97.3 Å². The van der Waals surface area contributed by atoms with Crippen LogP contribution in [0.3, 0.4) is 0 Å². The number of hydrogen-bond donors (Lipinski definition) is 0. The summed E-state index contributed by atoms with van der Waals surface area (Å²) < 4.78 is 23.0. The minimum Gasteiger partial charge on any atom is -0.385 e. The van der Waals surface area contributed by atoms with Gasteiger partial charge in [-0.15, -0.1) is 0 Å². The number of rotatable bonds is 28. The third-order valence-corrected chi connectivity index (χ3v) is 6.02. The topological polar surface area (TPSA) is 36.9 Å². The van der Waals surface area contributed by atoms with Crippen LogP contribution in [-0.2, 0) is 18.9 Å². The van der Waals surface area contributed by atoms with Crippen molar-refractivity contribution in [2.24, 2.45) is 0 Å². The molecule has 0 fully saturated rings. The molecule has 0 aliphatic carbocycles. The average Bonchev–Trinajstić information content (AvgIpc) is 2.80.